The van der Waals surface area contributed by atoms with Gasteiger partial charge in [0, 0.05) is 23.4 Å². The van der Waals surface area contributed by atoms with Crippen molar-refractivity contribution < 1.29 is 9.53 Å². The molecule has 0 unspecified atom stereocenters. The van der Waals surface area contributed by atoms with Gasteiger partial charge in [-0.15, -0.1) is 0 Å². The summed E-state index contributed by atoms with van der Waals surface area (Å²) in [5, 5.41) is 0. The smallest absolute Gasteiger partial charge is 0.341 e. The molecule has 0 aliphatic heterocycles. The summed E-state index contributed by atoms with van der Waals surface area (Å²) in [6.45, 7) is 2.73. The van der Waals surface area contributed by atoms with Crippen LogP contribution in [0, 0.1) is 0 Å². The van der Waals surface area contributed by atoms with Gasteiger partial charge in [0.05, 0.1) is 6.61 Å². The second-order valence-corrected chi connectivity index (χ2v) is 6.52. The molecule has 2 aromatic carbocycles. The third-order valence-corrected chi connectivity index (χ3v) is 4.57. The van der Waals surface area contributed by atoms with Gasteiger partial charge in [0.2, 0.25) is 0 Å². The second kappa shape index (κ2) is 8.63. The molecule has 26 heavy (non-hydrogen) atoms. The lowest BCUT2D eigenvalue weighted by Gasteiger charge is -2.11. The first-order valence-electron chi connectivity index (χ1n) is 8.38. The van der Waals surface area contributed by atoms with Gasteiger partial charge in [-0.2, -0.15) is 0 Å². The summed E-state index contributed by atoms with van der Waals surface area (Å²) in [4.78, 5) is 17.0. The fourth-order valence-corrected chi connectivity index (χ4v) is 3.03. The van der Waals surface area contributed by atoms with Gasteiger partial charge in [-0.05, 0) is 30.2 Å². The molecular formula is C21H19BrN2O2. The summed E-state index contributed by atoms with van der Waals surface area (Å²) in [5.74, 6) is 0.201. The number of hydrogen-bond donors (Lipinski definition) is 0. The fourth-order valence-electron chi connectivity index (χ4n) is 2.63. The summed E-state index contributed by atoms with van der Waals surface area (Å²) in [6, 6.07) is 17.8. The zero-order valence-corrected chi connectivity index (χ0v) is 16.0. The van der Waals surface area contributed by atoms with Crippen LogP contribution in [0.15, 0.2) is 71.5 Å². The monoisotopic (exact) mass is 410 g/mol. The van der Waals surface area contributed by atoms with Gasteiger partial charge >= 0.3 is 5.97 Å². The molecule has 5 heteroatoms. The first-order valence-corrected chi connectivity index (χ1v) is 9.17. The average Bonchev–Trinajstić information content (AvgIpc) is 3.10. The highest BCUT2D eigenvalue weighted by atomic mass is 79.9. The van der Waals surface area contributed by atoms with E-state index in [0.29, 0.717) is 24.5 Å². The molecular weight excluding hydrogens is 392 g/mol. The van der Waals surface area contributed by atoms with E-state index in [1.165, 1.54) is 0 Å². The molecule has 3 rings (SSSR count). The van der Waals surface area contributed by atoms with Gasteiger partial charge in [0.15, 0.2) is 0 Å². The second-order valence-electron chi connectivity index (χ2n) is 5.66. The number of nitrogens with zero attached hydrogens (tertiary/aromatic N) is 2. The molecule has 0 aliphatic rings. The summed E-state index contributed by atoms with van der Waals surface area (Å²) < 4.78 is 8.13. The quantitative estimate of drug-likeness (QED) is 0.433. The van der Waals surface area contributed by atoms with Crippen LogP contribution in [-0.4, -0.2) is 22.1 Å². The van der Waals surface area contributed by atoms with Crippen LogP contribution in [0.25, 0.3) is 11.6 Å². The van der Waals surface area contributed by atoms with Crippen LogP contribution in [0.3, 0.4) is 0 Å². The SMILES string of the molecule is CCOC(=O)C(=Cc1ccccc1Br)c1nccn1Cc1ccccc1. The van der Waals surface area contributed by atoms with Crippen LogP contribution in [0.1, 0.15) is 23.9 Å². The zero-order chi connectivity index (χ0) is 18.4. The van der Waals surface area contributed by atoms with Crippen LogP contribution in [-0.2, 0) is 16.1 Å². The van der Waals surface area contributed by atoms with E-state index < -0.39 is 0 Å². The summed E-state index contributed by atoms with van der Waals surface area (Å²) in [7, 11) is 0. The normalized spacial score (nSPS) is 11.4. The molecule has 0 fully saturated rings. The highest BCUT2D eigenvalue weighted by molar-refractivity contribution is 9.10. The Kier molecular flexibility index (Phi) is 6.02. The first-order chi connectivity index (χ1) is 12.7. The van der Waals surface area contributed by atoms with Crippen LogP contribution < -0.4 is 0 Å². The number of esters is 1. The highest BCUT2D eigenvalue weighted by Gasteiger charge is 2.19. The van der Waals surface area contributed by atoms with Crippen molar-refractivity contribution in [2.45, 2.75) is 13.5 Å². The predicted octanol–water partition coefficient (Wildman–Crippen LogP) is 4.80. The van der Waals surface area contributed by atoms with E-state index >= 15 is 0 Å². The minimum atomic E-state index is -0.385. The number of aromatic nitrogens is 2. The Morgan fingerprint density at radius 2 is 1.88 bits per heavy atom. The third kappa shape index (κ3) is 4.29. The molecule has 0 radical (unpaired) electrons. The van der Waals surface area contributed by atoms with Crippen molar-refractivity contribution in [1.29, 1.82) is 0 Å². The van der Waals surface area contributed by atoms with Crippen molar-refractivity contribution >= 4 is 33.5 Å². The van der Waals surface area contributed by atoms with Gasteiger partial charge in [-0.25, -0.2) is 9.78 Å². The Balaban J connectivity index is 2.02. The van der Waals surface area contributed by atoms with E-state index in [1.807, 2.05) is 71.4 Å². The Labute approximate surface area is 161 Å². The lowest BCUT2D eigenvalue weighted by atomic mass is 10.1. The molecule has 0 bridgehead atoms. The topological polar surface area (TPSA) is 44.1 Å². The van der Waals surface area contributed by atoms with E-state index in [2.05, 4.69) is 20.9 Å². The minimum Gasteiger partial charge on any atom is -0.462 e. The first kappa shape index (κ1) is 18.1. The number of rotatable bonds is 6. The van der Waals surface area contributed by atoms with Gasteiger partial charge in [0.25, 0.3) is 0 Å². The summed E-state index contributed by atoms with van der Waals surface area (Å²) >= 11 is 3.52. The van der Waals surface area contributed by atoms with Gasteiger partial charge in [-0.1, -0.05) is 64.5 Å². The Hall–Kier alpha value is -2.66. The number of ether oxygens (including phenoxy) is 1. The minimum absolute atomic E-state index is 0.311. The molecule has 0 atom stereocenters. The van der Waals surface area contributed by atoms with E-state index in [-0.39, 0.29) is 5.97 Å². The molecule has 0 spiro atoms. The molecule has 0 amide bonds. The molecule has 1 heterocycles. The third-order valence-electron chi connectivity index (χ3n) is 3.85. The van der Waals surface area contributed by atoms with Crippen LogP contribution in [0.2, 0.25) is 0 Å². The number of benzene rings is 2. The van der Waals surface area contributed by atoms with Crippen LogP contribution in [0.5, 0.6) is 0 Å². The zero-order valence-electron chi connectivity index (χ0n) is 14.4. The van der Waals surface area contributed by atoms with E-state index in [1.54, 1.807) is 13.1 Å². The van der Waals surface area contributed by atoms with Crippen molar-refractivity contribution in [3.05, 3.63) is 88.4 Å². The number of halogens is 1. The fraction of sp³-hybridized carbons (Fsp3) is 0.143. The van der Waals surface area contributed by atoms with E-state index in [0.717, 1.165) is 15.6 Å². The average molecular weight is 411 g/mol. The maximum absolute atomic E-state index is 12.6. The van der Waals surface area contributed by atoms with Crippen LogP contribution >= 0.6 is 15.9 Å². The lowest BCUT2D eigenvalue weighted by Crippen LogP contribution is -2.12. The Morgan fingerprint density at radius 3 is 2.62 bits per heavy atom. The molecule has 1 aromatic heterocycles. The number of imidazole rings is 1. The lowest BCUT2D eigenvalue weighted by molar-refractivity contribution is -0.136. The molecule has 0 saturated carbocycles. The molecule has 3 aromatic rings. The number of hydrogen-bond acceptors (Lipinski definition) is 3. The molecule has 0 N–H and O–H groups in total. The van der Waals surface area contributed by atoms with Crippen molar-refractivity contribution in [1.82, 2.24) is 9.55 Å². The van der Waals surface area contributed by atoms with E-state index in [4.69, 9.17) is 4.74 Å². The standard InChI is InChI=1S/C21H19BrN2O2/c1-2-26-21(25)18(14-17-10-6-7-11-19(17)22)20-23-12-13-24(20)15-16-8-4-3-5-9-16/h3-14H,2,15H2,1H3. The van der Waals surface area contributed by atoms with Gasteiger partial charge in [-0.3, -0.25) is 0 Å². The van der Waals surface area contributed by atoms with Crippen LogP contribution in [0.4, 0.5) is 0 Å². The molecule has 4 nitrogen and oxygen atoms in total. The molecule has 0 aliphatic carbocycles. The van der Waals surface area contributed by atoms with Crippen molar-refractivity contribution in [3.8, 4) is 0 Å². The van der Waals surface area contributed by atoms with Crippen molar-refractivity contribution in [2.75, 3.05) is 6.61 Å². The maximum atomic E-state index is 12.6. The predicted molar refractivity (Wildman–Crippen MR) is 106 cm³/mol. The Bertz CT molecular complexity index is 917. The van der Waals surface area contributed by atoms with Crippen molar-refractivity contribution in [3.63, 3.8) is 0 Å². The molecule has 0 saturated heterocycles. The highest BCUT2D eigenvalue weighted by Crippen LogP contribution is 2.24. The summed E-state index contributed by atoms with van der Waals surface area (Å²) in [5.41, 5.74) is 2.46. The Morgan fingerprint density at radius 1 is 1.15 bits per heavy atom. The number of carbonyl (C=O) groups excluding carboxylic acids is 1. The largest absolute Gasteiger partial charge is 0.462 e. The van der Waals surface area contributed by atoms with Gasteiger partial charge in [0.1, 0.15) is 11.4 Å². The van der Waals surface area contributed by atoms with Crippen molar-refractivity contribution in [2.24, 2.45) is 0 Å². The summed E-state index contributed by atoms with van der Waals surface area (Å²) in [6.07, 6.45) is 5.38. The molecule has 132 valence electrons. The van der Waals surface area contributed by atoms with Gasteiger partial charge < -0.3 is 9.30 Å². The maximum Gasteiger partial charge on any atom is 0.341 e. The van der Waals surface area contributed by atoms with E-state index in [9.17, 15) is 4.79 Å². The number of carbonyl (C=O) groups is 1.